The second-order valence-electron chi connectivity index (χ2n) is 5.26. The van der Waals surface area contributed by atoms with Gasteiger partial charge < -0.3 is 9.92 Å². The Hall–Kier alpha value is -2.00. The minimum absolute atomic E-state index is 0.0489. The van der Waals surface area contributed by atoms with Crippen LogP contribution in [0.3, 0.4) is 0 Å². The number of benzene rings is 2. The van der Waals surface area contributed by atoms with Gasteiger partial charge in [0.25, 0.3) is 0 Å². The molecule has 0 amide bonds. The average molecular weight is 442 g/mol. The number of hydrogen-bond acceptors (Lipinski definition) is 7. The van der Waals surface area contributed by atoms with Gasteiger partial charge in [0.2, 0.25) is 5.88 Å². The van der Waals surface area contributed by atoms with Crippen LogP contribution < -0.4 is 9.92 Å². The van der Waals surface area contributed by atoms with Crippen LogP contribution in [0.25, 0.3) is 0 Å². The fraction of sp³-hybridized carbons (Fsp3) is 0.0588. The summed E-state index contributed by atoms with van der Waals surface area (Å²) in [5.41, 5.74) is 6.64. The van der Waals surface area contributed by atoms with Crippen LogP contribution in [0.15, 0.2) is 64.6 Å². The zero-order valence-corrected chi connectivity index (χ0v) is 16.8. The first-order valence-electron chi connectivity index (χ1n) is 7.55. The molecule has 0 spiro atoms. The van der Waals surface area contributed by atoms with Crippen molar-refractivity contribution in [2.24, 2.45) is 0 Å². The largest absolute Gasteiger partial charge is 0.383 e. The van der Waals surface area contributed by atoms with Crippen molar-refractivity contribution in [2.45, 2.75) is 15.8 Å². The summed E-state index contributed by atoms with van der Waals surface area (Å²) in [6.45, 7) is 0. The van der Waals surface area contributed by atoms with Crippen LogP contribution in [-0.2, 0) is 15.9 Å². The van der Waals surface area contributed by atoms with Crippen molar-refractivity contribution in [1.82, 2.24) is 9.97 Å². The molecule has 0 unspecified atom stereocenters. The summed E-state index contributed by atoms with van der Waals surface area (Å²) in [4.78, 5) is 8.03. The first kappa shape index (κ1) is 19.8. The molecule has 1 heterocycles. The lowest BCUT2D eigenvalue weighted by Crippen LogP contribution is -2.12. The highest BCUT2D eigenvalue weighted by molar-refractivity contribution is 7.98. The Kier molecular flexibility index (Phi) is 6.11. The predicted molar refractivity (Wildman–Crippen MR) is 107 cm³/mol. The van der Waals surface area contributed by atoms with E-state index in [-0.39, 0.29) is 26.8 Å². The number of hydrogen-bond donors (Lipinski definition) is 1. The maximum Gasteiger partial charge on any atom is 0.342 e. The second-order valence-corrected chi connectivity index (χ2v) is 8.53. The van der Waals surface area contributed by atoms with Crippen molar-refractivity contribution in [3.05, 3.63) is 70.2 Å². The van der Waals surface area contributed by atoms with E-state index in [0.29, 0.717) is 10.8 Å². The van der Waals surface area contributed by atoms with E-state index in [2.05, 4.69) is 9.97 Å². The molecule has 0 atom stereocenters. The van der Waals surface area contributed by atoms with Crippen LogP contribution in [0.2, 0.25) is 10.0 Å². The summed E-state index contributed by atoms with van der Waals surface area (Å²) in [5.74, 6) is 0.375. The third-order valence-electron chi connectivity index (χ3n) is 3.32. The highest BCUT2D eigenvalue weighted by Crippen LogP contribution is 2.28. The van der Waals surface area contributed by atoms with Gasteiger partial charge in [-0.1, -0.05) is 65.3 Å². The number of anilines is 1. The molecule has 2 aromatic carbocycles. The molecule has 0 aliphatic carbocycles. The fourth-order valence-electron chi connectivity index (χ4n) is 2.09. The lowest BCUT2D eigenvalue weighted by atomic mass is 10.2. The van der Waals surface area contributed by atoms with Crippen LogP contribution in [0.5, 0.6) is 5.88 Å². The van der Waals surface area contributed by atoms with Gasteiger partial charge in [0.05, 0.1) is 5.02 Å². The molecule has 27 heavy (non-hydrogen) atoms. The molecule has 0 saturated carbocycles. The number of nitrogen functional groups attached to an aromatic ring is 1. The van der Waals surface area contributed by atoms with E-state index in [9.17, 15) is 8.42 Å². The quantitative estimate of drug-likeness (QED) is 0.343. The van der Waals surface area contributed by atoms with E-state index in [1.807, 2.05) is 18.2 Å². The van der Waals surface area contributed by atoms with Crippen molar-refractivity contribution in [2.75, 3.05) is 5.73 Å². The summed E-state index contributed by atoms with van der Waals surface area (Å²) in [6.07, 6.45) is 0. The van der Waals surface area contributed by atoms with Crippen LogP contribution in [0, 0.1) is 0 Å². The van der Waals surface area contributed by atoms with Crippen molar-refractivity contribution >= 4 is 50.9 Å². The number of aromatic nitrogens is 2. The molecule has 10 heteroatoms. The Balaban J connectivity index is 1.81. The first-order valence-corrected chi connectivity index (χ1v) is 10.7. The molecule has 6 nitrogen and oxygen atoms in total. The predicted octanol–water partition coefficient (Wildman–Crippen LogP) is 4.43. The zero-order chi connectivity index (χ0) is 19.4. The first-order chi connectivity index (χ1) is 12.8. The summed E-state index contributed by atoms with van der Waals surface area (Å²) in [6, 6.07) is 14.5. The van der Waals surface area contributed by atoms with Crippen LogP contribution in [-0.4, -0.2) is 18.4 Å². The van der Waals surface area contributed by atoms with Gasteiger partial charge >= 0.3 is 10.1 Å². The average Bonchev–Trinajstić information content (AvgIpc) is 2.60. The Bertz CT molecular complexity index is 1080. The molecule has 0 saturated heterocycles. The molecule has 3 rings (SSSR count). The van der Waals surface area contributed by atoms with E-state index in [0.717, 1.165) is 5.56 Å². The summed E-state index contributed by atoms with van der Waals surface area (Å²) < 4.78 is 30.0. The van der Waals surface area contributed by atoms with Gasteiger partial charge in [-0.05, 0) is 23.8 Å². The third-order valence-corrected chi connectivity index (χ3v) is 6.31. The minimum Gasteiger partial charge on any atom is -0.383 e. The number of halogens is 2. The lowest BCUT2D eigenvalue weighted by molar-refractivity contribution is 0.472. The van der Waals surface area contributed by atoms with Crippen LogP contribution in [0.1, 0.15) is 5.56 Å². The number of nitrogens with zero attached hydrogens (tertiary/aromatic N) is 2. The Morgan fingerprint density at radius 2 is 1.67 bits per heavy atom. The minimum atomic E-state index is -4.16. The Morgan fingerprint density at radius 3 is 2.37 bits per heavy atom. The molecule has 2 N–H and O–H groups in total. The molecular formula is C17H13Cl2N3O3S2. The van der Waals surface area contributed by atoms with Gasteiger partial charge in [-0.25, -0.2) is 4.98 Å². The highest BCUT2D eigenvalue weighted by Gasteiger charge is 2.21. The summed E-state index contributed by atoms with van der Waals surface area (Å²) >= 11 is 13.3. The van der Waals surface area contributed by atoms with Crippen LogP contribution in [0.4, 0.5) is 5.82 Å². The lowest BCUT2D eigenvalue weighted by Gasteiger charge is -2.09. The standard InChI is InChI=1S/C17H13Cl2N3O3S2/c18-12-6-2-1-5-11(12)10-26-17-21-15(20)9-16(22-17)25-27(23,24)14-8-4-3-7-13(14)19/h1-9H,10H2,(H2,20,21,22). The third kappa shape index (κ3) is 5.04. The van der Waals surface area contributed by atoms with Crippen molar-refractivity contribution < 1.29 is 12.6 Å². The maximum atomic E-state index is 12.4. The molecule has 1 aromatic heterocycles. The monoisotopic (exact) mass is 441 g/mol. The molecule has 0 radical (unpaired) electrons. The van der Waals surface area contributed by atoms with E-state index in [4.69, 9.17) is 33.1 Å². The Labute approximate surface area is 170 Å². The second kappa shape index (κ2) is 8.35. The van der Waals surface area contributed by atoms with Gasteiger partial charge in [-0.3, -0.25) is 0 Å². The topological polar surface area (TPSA) is 95.2 Å². The molecule has 0 fully saturated rings. The highest BCUT2D eigenvalue weighted by atomic mass is 35.5. The fourth-order valence-corrected chi connectivity index (χ4v) is 4.60. The van der Waals surface area contributed by atoms with E-state index in [1.165, 1.54) is 30.0 Å². The molecular weight excluding hydrogens is 429 g/mol. The maximum absolute atomic E-state index is 12.4. The normalized spacial score (nSPS) is 11.3. The number of rotatable bonds is 6. The van der Waals surface area contributed by atoms with Gasteiger partial charge in [0.15, 0.2) is 5.16 Å². The number of thioether (sulfide) groups is 1. The molecule has 140 valence electrons. The molecule has 0 bridgehead atoms. The van der Waals surface area contributed by atoms with Crippen molar-refractivity contribution in [3.63, 3.8) is 0 Å². The van der Waals surface area contributed by atoms with Gasteiger partial charge in [0, 0.05) is 16.8 Å². The zero-order valence-electron chi connectivity index (χ0n) is 13.7. The van der Waals surface area contributed by atoms with E-state index in [1.54, 1.807) is 18.2 Å². The van der Waals surface area contributed by atoms with Crippen molar-refractivity contribution in [3.8, 4) is 5.88 Å². The summed E-state index contributed by atoms with van der Waals surface area (Å²) in [7, 11) is -4.16. The van der Waals surface area contributed by atoms with E-state index < -0.39 is 10.1 Å². The van der Waals surface area contributed by atoms with E-state index >= 15 is 0 Å². The SMILES string of the molecule is Nc1cc(OS(=O)(=O)c2ccccc2Cl)nc(SCc2ccccc2Cl)n1. The Morgan fingerprint density at radius 1 is 1.00 bits per heavy atom. The molecule has 0 aliphatic rings. The smallest absolute Gasteiger partial charge is 0.342 e. The van der Waals surface area contributed by atoms with Gasteiger partial charge in [0.1, 0.15) is 10.7 Å². The molecule has 0 aliphatic heterocycles. The molecule has 3 aromatic rings. The van der Waals surface area contributed by atoms with Crippen LogP contribution >= 0.6 is 35.0 Å². The van der Waals surface area contributed by atoms with Gasteiger partial charge in [-0.15, -0.1) is 0 Å². The summed E-state index contributed by atoms with van der Waals surface area (Å²) in [5, 5.41) is 0.929. The van der Waals surface area contributed by atoms with Crippen molar-refractivity contribution in [1.29, 1.82) is 0 Å². The number of nitrogens with two attached hydrogens (primary N) is 1. The van der Waals surface area contributed by atoms with Gasteiger partial charge in [-0.2, -0.15) is 13.4 Å².